The number of hydrogen-bond donors (Lipinski definition) is 2. The highest BCUT2D eigenvalue weighted by Crippen LogP contribution is 2.15. The molecular formula is C23H30N2O5S. The number of rotatable bonds is 10. The summed E-state index contributed by atoms with van der Waals surface area (Å²) in [7, 11) is -3.63. The molecule has 168 valence electrons. The molecule has 0 aliphatic carbocycles. The highest BCUT2D eigenvalue weighted by Gasteiger charge is 2.20. The van der Waals surface area contributed by atoms with Gasteiger partial charge in [0.15, 0.2) is 0 Å². The van der Waals surface area contributed by atoms with Crippen LogP contribution >= 0.6 is 0 Å². The summed E-state index contributed by atoms with van der Waals surface area (Å²) in [6.45, 7) is 5.37. The number of amides is 1. The minimum atomic E-state index is -3.63. The van der Waals surface area contributed by atoms with Gasteiger partial charge in [-0.2, -0.15) is 0 Å². The third-order valence-corrected chi connectivity index (χ3v) is 6.39. The minimum Gasteiger partial charge on any atom is -0.491 e. The van der Waals surface area contributed by atoms with E-state index in [2.05, 4.69) is 10.0 Å². The molecule has 31 heavy (non-hydrogen) atoms. The van der Waals surface area contributed by atoms with E-state index < -0.39 is 10.0 Å². The van der Waals surface area contributed by atoms with Crippen molar-refractivity contribution in [3.05, 3.63) is 59.7 Å². The van der Waals surface area contributed by atoms with Crippen molar-refractivity contribution >= 4 is 15.9 Å². The smallest absolute Gasteiger partial charge is 0.251 e. The molecule has 2 aromatic carbocycles. The second kappa shape index (κ2) is 10.7. The van der Waals surface area contributed by atoms with E-state index in [1.165, 1.54) is 24.3 Å². The summed E-state index contributed by atoms with van der Waals surface area (Å²) in [4.78, 5) is 12.5. The Morgan fingerprint density at radius 3 is 2.45 bits per heavy atom. The molecule has 1 amide bonds. The summed E-state index contributed by atoms with van der Waals surface area (Å²) in [5.41, 5.74) is 1.51. The zero-order chi connectivity index (χ0) is 22.3. The lowest BCUT2D eigenvalue weighted by Gasteiger charge is -2.12. The van der Waals surface area contributed by atoms with Crippen LogP contribution in [0.3, 0.4) is 0 Å². The van der Waals surface area contributed by atoms with Crippen molar-refractivity contribution in [1.29, 1.82) is 0 Å². The molecule has 0 bridgehead atoms. The fourth-order valence-electron chi connectivity index (χ4n) is 3.31. The second-order valence-corrected chi connectivity index (χ2v) is 9.59. The number of ether oxygens (including phenoxy) is 2. The maximum Gasteiger partial charge on any atom is 0.251 e. The third-order valence-electron chi connectivity index (χ3n) is 4.95. The highest BCUT2D eigenvalue weighted by molar-refractivity contribution is 7.89. The second-order valence-electron chi connectivity index (χ2n) is 7.83. The van der Waals surface area contributed by atoms with Crippen molar-refractivity contribution in [1.82, 2.24) is 10.0 Å². The van der Waals surface area contributed by atoms with E-state index >= 15 is 0 Å². The van der Waals surface area contributed by atoms with Gasteiger partial charge in [-0.25, -0.2) is 13.1 Å². The molecule has 0 spiro atoms. The molecule has 8 heteroatoms. The largest absolute Gasteiger partial charge is 0.491 e. The Morgan fingerprint density at radius 1 is 1.13 bits per heavy atom. The molecule has 2 N–H and O–H groups in total. The summed E-state index contributed by atoms with van der Waals surface area (Å²) in [6, 6.07) is 13.7. The normalized spacial score (nSPS) is 16.4. The fraction of sp³-hybridized carbons (Fsp3) is 0.435. The Morgan fingerprint density at radius 2 is 1.84 bits per heavy atom. The van der Waals surface area contributed by atoms with Gasteiger partial charge in [0.05, 0.1) is 17.1 Å². The summed E-state index contributed by atoms with van der Waals surface area (Å²) >= 11 is 0. The predicted molar refractivity (Wildman–Crippen MR) is 119 cm³/mol. The summed E-state index contributed by atoms with van der Waals surface area (Å²) in [6.07, 6.45) is 2.56. The molecule has 1 heterocycles. The van der Waals surface area contributed by atoms with E-state index in [1.807, 2.05) is 38.1 Å². The van der Waals surface area contributed by atoms with Gasteiger partial charge in [-0.05, 0) is 75.1 Å². The lowest BCUT2D eigenvalue weighted by molar-refractivity contribution is 0.0954. The zero-order valence-electron chi connectivity index (χ0n) is 18.0. The summed E-state index contributed by atoms with van der Waals surface area (Å²) in [5, 5.41) is 2.86. The maximum absolute atomic E-state index is 12.4. The van der Waals surface area contributed by atoms with E-state index in [0.717, 1.165) is 24.2 Å². The Hall–Kier alpha value is -2.42. The van der Waals surface area contributed by atoms with Gasteiger partial charge in [0.25, 0.3) is 5.91 Å². The van der Waals surface area contributed by atoms with Crippen LogP contribution in [0, 0.1) is 0 Å². The predicted octanol–water partition coefficient (Wildman–Crippen LogP) is 2.90. The first-order chi connectivity index (χ1) is 14.8. The Labute approximate surface area is 184 Å². The molecule has 1 aliphatic heterocycles. The van der Waals surface area contributed by atoms with Crippen molar-refractivity contribution < 1.29 is 22.7 Å². The number of carbonyl (C=O) groups is 1. The van der Waals surface area contributed by atoms with Crippen LogP contribution in [-0.2, 0) is 21.2 Å². The summed E-state index contributed by atoms with van der Waals surface area (Å²) < 4.78 is 38.4. The van der Waals surface area contributed by atoms with Gasteiger partial charge in [-0.1, -0.05) is 12.1 Å². The van der Waals surface area contributed by atoms with Gasteiger partial charge in [0, 0.05) is 25.3 Å². The van der Waals surface area contributed by atoms with Crippen molar-refractivity contribution in [3.63, 3.8) is 0 Å². The molecule has 1 fully saturated rings. The average Bonchev–Trinajstić information content (AvgIpc) is 3.27. The Kier molecular flexibility index (Phi) is 8.06. The van der Waals surface area contributed by atoms with Gasteiger partial charge in [-0.3, -0.25) is 4.79 Å². The first-order valence-corrected chi connectivity index (χ1v) is 12.1. The minimum absolute atomic E-state index is 0.0706. The first kappa shape index (κ1) is 23.2. The average molecular weight is 447 g/mol. The van der Waals surface area contributed by atoms with Gasteiger partial charge in [0.1, 0.15) is 5.75 Å². The molecule has 0 radical (unpaired) electrons. The molecule has 1 saturated heterocycles. The standard InChI is InChI=1S/C23H30N2O5S/c1-17(2)30-20-9-5-18(6-10-20)13-14-24-23(26)19-7-11-22(12-8-19)31(27,28)25-16-21-4-3-15-29-21/h5-12,17,21,25H,3-4,13-16H2,1-2H3,(H,24,26). The monoisotopic (exact) mass is 446 g/mol. The SMILES string of the molecule is CC(C)Oc1ccc(CCNC(=O)c2ccc(S(=O)(=O)NCC3CCCO3)cc2)cc1. The molecule has 0 saturated carbocycles. The zero-order valence-corrected chi connectivity index (χ0v) is 18.8. The van der Waals surface area contributed by atoms with E-state index in [0.29, 0.717) is 25.1 Å². The Bertz CT molecular complexity index is 950. The molecule has 1 unspecified atom stereocenters. The molecule has 1 aliphatic rings. The maximum atomic E-state index is 12.4. The molecule has 3 rings (SSSR count). The Balaban J connectivity index is 1.47. The first-order valence-electron chi connectivity index (χ1n) is 10.6. The van der Waals surface area contributed by atoms with Gasteiger partial charge >= 0.3 is 0 Å². The van der Waals surface area contributed by atoms with Crippen LogP contribution in [0.4, 0.5) is 0 Å². The quantitative estimate of drug-likeness (QED) is 0.585. The van der Waals surface area contributed by atoms with Crippen molar-refractivity contribution in [2.75, 3.05) is 19.7 Å². The number of benzene rings is 2. The summed E-state index contributed by atoms with van der Waals surface area (Å²) in [5.74, 6) is 0.583. The van der Waals surface area contributed by atoms with Crippen LogP contribution in [0.1, 0.15) is 42.6 Å². The number of hydrogen-bond acceptors (Lipinski definition) is 5. The van der Waals surface area contributed by atoms with E-state index in [1.54, 1.807) is 0 Å². The van der Waals surface area contributed by atoms with E-state index in [9.17, 15) is 13.2 Å². The van der Waals surface area contributed by atoms with Crippen molar-refractivity contribution in [2.24, 2.45) is 0 Å². The van der Waals surface area contributed by atoms with Gasteiger partial charge in [-0.15, -0.1) is 0 Å². The topological polar surface area (TPSA) is 93.7 Å². The highest BCUT2D eigenvalue weighted by atomic mass is 32.2. The number of nitrogens with one attached hydrogen (secondary N) is 2. The lowest BCUT2D eigenvalue weighted by atomic mass is 10.1. The van der Waals surface area contributed by atoms with Crippen LogP contribution in [0.5, 0.6) is 5.75 Å². The molecule has 7 nitrogen and oxygen atoms in total. The molecule has 1 atom stereocenters. The van der Waals surface area contributed by atoms with Crippen molar-refractivity contribution in [3.8, 4) is 5.75 Å². The van der Waals surface area contributed by atoms with Crippen LogP contribution in [0.15, 0.2) is 53.4 Å². The number of sulfonamides is 1. The van der Waals surface area contributed by atoms with Gasteiger partial charge in [0.2, 0.25) is 10.0 Å². The lowest BCUT2D eigenvalue weighted by Crippen LogP contribution is -2.32. The van der Waals surface area contributed by atoms with E-state index in [-0.39, 0.29) is 29.6 Å². The van der Waals surface area contributed by atoms with E-state index in [4.69, 9.17) is 9.47 Å². The number of carbonyl (C=O) groups excluding carboxylic acids is 1. The van der Waals surface area contributed by atoms with Crippen LogP contribution in [0.25, 0.3) is 0 Å². The third kappa shape index (κ3) is 7.05. The fourth-order valence-corrected chi connectivity index (χ4v) is 4.37. The molecule has 0 aromatic heterocycles. The van der Waals surface area contributed by atoms with Crippen molar-refractivity contribution in [2.45, 2.75) is 50.2 Å². The van der Waals surface area contributed by atoms with Gasteiger partial charge < -0.3 is 14.8 Å². The molecular weight excluding hydrogens is 416 g/mol. The van der Waals surface area contributed by atoms with Crippen LogP contribution in [0.2, 0.25) is 0 Å². The molecule has 2 aromatic rings. The van der Waals surface area contributed by atoms with Crippen LogP contribution < -0.4 is 14.8 Å². The van der Waals surface area contributed by atoms with Crippen LogP contribution in [-0.4, -0.2) is 46.2 Å².